The molecule has 2 saturated carbocycles. The molecular formula is C21H39IN2O3. The third-order valence-electron chi connectivity index (χ3n) is 7.18. The summed E-state index contributed by atoms with van der Waals surface area (Å²) in [6.07, 6.45) is 6.16. The summed E-state index contributed by atoms with van der Waals surface area (Å²) in [5.74, 6) is 2.20. The van der Waals surface area contributed by atoms with Crippen LogP contribution in [0.3, 0.4) is 0 Å². The summed E-state index contributed by atoms with van der Waals surface area (Å²) < 4.78 is 11.5. The molecule has 0 aromatic rings. The Morgan fingerprint density at radius 3 is 2.00 bits per heavy atom. The van der Waals surface area contributed by atoms with E-state index in [1.807, 2.05) is 7.11 Å². The van der Waals surface area contributed by atoms with Crippen molar-refractivity contribution in [1.82, 2.24) is 9.80 Å². The van der Waals surface area contributed by atoms with Gasteiger partial charge < -0.3 is 24.4 Å². The van der Waals surface area contributed by atoms with Crippen LogP contribution in [0, 0.1) is 17.8 Å². The zero-order valence-corrected chi connectivity index (χ0v) is 19.5. The van der Waals surface area contributed by atoms with Gasteiger partial charge in [-0.1, -0.05) is 29.5 Å². The molecule has 7 unspecified atom stereocenters. The van der Waals surface area contributed by atoms with Crippen LogP contribution in [0.2, 0.25) is 0 Å². The number of nitrogens with zero attached hydrogens (tertiary/aromatic N) is 2. The largest absolute Gasteiger partial charge is 0.389 e. The fourth-order valence-corrected chi connectivity index (χ4v) is 6.70. The highest BCUT2D eigenvalue weighted by Crippen LogP contribution is 2.33. The Labute approximate surface area is 179 Å². The van der Waals surface area contributed by atoms with Gasteiger partial charge in [-0.25, -0.2) is 0 Å². The van der Waals surface area contributed by atoms with Gasteiger partial charge in [-0.3, -0.25) is 0 Å². The number of alkyl halides is 1. The molecule has 0 aromatic carbocycles. The second-order valence-electron chi connectivity index (χ2n) is 9.15. The van der Waals surface area contributed by atoms with Crippen molar-refractivity contribution in [2.75, 3.05) is 53.5 Å². The maximum Gasteiger partial charge on any atom is 0.0919 e. The monoisotopic (exact) mass is 494 g/mol. The van der Waals surface area contributed by atoms with Crippen molar-refractivity contribution in [1.29, 1.82) is 0 Å². The van der Waals surface area contributed by atoms with Crippen LogP contribution in [0.5, 0.6) is 0 Å². The van der Waals surface area contributed by atoms with Crippen LogP contribution in [-0.4, -0.2) is 90.6 Å². The topological polar surface area (TPSA) is 45.2 Å². The van der Waals surface area contributed by atoms with E-state index < -0.39 is 0 Å². The highest BCUT2D eigenvalue weighted by atomic mass is 127. The number of methoxy groups -OCH3 is 2. The predicted molar refractivity (Wildman–Crippen MR) is 118 cm³/mol. The van der Waals surface area contributed by atoms with Gasteiger partial charge in [0.2, 0.25) is 0 Å². The van der Waals surface area contributed by atoms with Gasteiger partial charge in [0.15, 0.2) is 0 Å². The third-order valence-corrected chi connectivity index (χ3v) is 8.42. The lowest BCUT2D eigenvalue weighted by atomic mass is 9.80. The Balaban J connectivity index is 1.38. The van der Waals surface area contributed by atoms with Crippen LogP contribution >= 0.6 is 22.6 Å². The van der Waals surface area contributed by atoms with Gasteiger partial charge in [0.25, 0.3) is 0 Å². The van der Waals surface area contributed by atoms with Crippen molar-refractivity contribution >= 4 is 22.6 Å². The van der Waals surface area contributed by atoms with Crippen LogP contribution in [-0.2, 0) is 9.47 Å². The number of aliphatic hydroxyl groups excluding tert-OH is 1. The Morgan fingerprint density at radius 1 is 0.852 bits per heavy atom. The van der Waals surface area contributed by atoms with E-state index in [1.54, 1.807) is 7.11 Å². The highest BCUT2D eigenvalue weighted by Gasteiger charge is 2.36. The SMILES string of the molecule is COC1CCC(CN2CCN(CC3CC(I)C(O)C(OC)C3)CC2)CC1C. The van der Waals surface area contributed by atoms with E-state index in [0.29, 0.717) is 21.9 Å². The molecule has 1 N–H and O–H groups in total. The maximum atomic E-state index is 10.2. The minimum Gasteiger partial charge on any atom is -0.389 e. The van der Waals surface area contributed by atoms with Gasteiger partial charge >= 0.3 is 0 Å². The number of aliphatic hydroxyl groups is 1. The van der Waals surface area contributed by atoms with Crippen molar-refractivity contribution in [3.05, 3.63) is 0 Å². The van der Waals surface area contributed by atoms with Crippen molar-refractivity contribution < 1.29 is 14.6 Å². The Hall–Kier alpha value is 0.530. The molecule has 7 atom stereocenters. The molecular weight excluding hydrogens is 455 g/mol. The summed E-state index contributed by atoms with van der Waals surface area (Å²) in [6, 6.07) is 0. The normalized spacial score (nSPS) is 42.3. The first kappa shape index (κ1) is 22.2. The fraction of sp³-hybridized carbons (Fsp3) is 1.00. The number of ether oxygens (including phenoxy) is 2. The molecule has 3 fully saturated rings. The number of halogens is 1. The van der Waals surface area contributed by atoms with Crippen LogP contribution in [0.4, 0.5) is 0 Å². The minimum atomic E-state index is -0.306. The van der Waals surface area contributed by atoms with Gasteiger partial charge in [0.1, 0.15) is 0 Å². The molecule has 0 bridgehead atoms. The molecule has 3 aliphatic rings. The van der Waals surface area contributed by atoms with Gasteiger partial charge in [0.05, 0.1) is 18.3 Å². The first-order valence-corrected chi connectivity index (χ1v) is 12.1. The van der Waals surface area contributed by atoms with Gasteiger partial charge in [-0.2, -0.15) is 0 Å². The van der Waals surface area contributed by atoms with Crippen molar-refractivity contribution in [2.45, 2.75) is 61.3 Å². The molecule has 3 rings (SSSR count). The molecule has 2 aliphatic carbocycles. The Bertz CT molecular complexity index is 447. The Kier molecular flexibility index (Phi) is 8.66. The lowest BCUT2D eigenvalue weighted by Crippen LogP contribution is -2.51. The summed E-state index contributed by atoms with van der Waals surface area (Å²) in [5, 5.41) is 10.2. The van der Waals surface area contributed by atoms with Crippen LogP contribution in [0.25, 0.3) is 0 Å². The van der Waals surface area contributed by atoms with E-state index in [-0.39, 0.29) is 12.2 Å². The quantitative estimate of drug-likeness (QED) is 0.455. The van der Waals surface area contributed by atoms with Gasteiger partial charge in [-0.05, 0) is 49.9 Å². The Morgan fingerprint density at radius 2 is 1.44 bits per heavy atom. The lowest BCUT2D eigenvalue weighted by Gasteiger charge is -2.42. The smallest absolute Gasteiger partial charge is 0.0919 e. The van der Waals surface area contributed by atoms with Gasteiger partial charge in [-0.15, -0.1) is 0 Å². The summed E-state index contributed by atoms with van der Waals surface area (Å²) in [5.41, 5.74) is 0. The number of piperazine rings is 1. The van der Waals surface area contributed by atoms with E-state index in [1.165, 1.54) is 52.0 Å². The highest BCUT2D eigenvalue weighted by molar-refractivity contribution is 14.1. The van der Waals surface area contributed by atoms with Crippen molar-refractivity contribution in [3.63, 3.8) is 0 Å². The molecule has 5 nitrogen and oxygen atoms in total. The van der Waals surface area contributed by atoms with Crippen LogP contribution < -0.4 is 0 Å². The van der Waals surface area contributed by atoms with Crippen molar-refractivity contribution in [3.8, 4) is 0 Å². The molecule has 0 radical (unpaired) electrons. The standard InChI is InChI=1S/C21H39IN2O3/c1-15-10-16(4-5-19(15)26-2)13-23-6-8-24(9-7-23)14-17-11-18(22)21(25)20(12-17)27-3/h15-21,25H,4-14H2,1-3H3. The number of hydrogen-bond donors (Lipinski definition) is 1. The maximum absolute atomic E-state index is 10.2. The molecule has 158 valence electrons. The van der Waals surface area contributed by atoms with Crippen molar-refractivity contribution in [2.24, 2.45) is 17.8 Å². The predicted octanol–water partition coefficient (Wildman–Crippen LogP) is 2.64. The first-order valence-electron chi connectivity index (χ1n) is 10.8. The third kappa shape index (κ3) is 6.01. The molecule has 0 aromatic heterocycles. The van der Waals surface area contributed by atoms with E-state index in [0.717, 1.165) is 25.3 Å². The molecule has 1 heterocycles. The summed E-state index contributed by atoms with van der Waals surface area (Å²) in [7, 11) is 3.60. The average molecular weight is 494 g/mol. The number of rotatable bonds is 6. The molecule has 0 amide bonds. The second-order valence-corrected chi connectivity index (χ2v) is 10.7. The average Bonchev–Trinajstić information content (AvgIpc) is 2.66. The number of hydrogen-bond acceptors (Lipinski definition) is 5. The minimum absolute atomic E-state index is 0.0103. The molecule has 27 heavy (non-hydrogen) atoms. The first-order chi connectivity index (χ1) is 13.0. The van der Waals surface area contributed by atoms with E-state index in [2.05, 4.69) is 39.3 Å². The van der Waals surface area contributed by atoms with Gasteiger partial charge in [0, 0.05) is 57.4 Å². The summed E-state index contributed by atoms with van der Waals surface area (Å²) in [6.45, 7) is 9.57. The zero-order valence-electron chi connectivity index (χ0n) is 17.4. The summed E-state index contributed by atoms with van der Waals surface area (Å²) >= 11 is 2.40. The second kappa shape index (κ2) is 10.5. The zero-order chi connectivity index (χ0) is 19.4. The molecule has 1 aliphatic heterocycles. The lowest BCUT2D eigenvalue weighted by molar-refractivity contribution is -0.0492. The molecule has 1 saturated heterocycles. The van der Waals surface area contributed by atoms with Crippen LogP contribution in [0.15, 0.2) is 0 Å². The van der Waals surface area contributed by atoms with E-state index in [9.17, 15) is 5.11 Å². The fourth-order valence-electron chi connectivity index (χ4n) is 5.52. The molecule has 0 spiro atoms. The van der Waals surface area contributed by atoms with E-state index >= 15 is 0 Å². The van der Waals surface area contributed by atoms with Crippen LogP contribution in [0.1, 0.15) is 39.0 Å². The van der Waals surface area contributed by atoms with E-state index in [4.69, 9.17) is 9.47 Å². The summed E-state index contributed by atoms with van der Waals surface area (Å²) in [4.78, 5) is 5.32. The molecule has 6 heteroatoms.